The molecule has 0 unspecified atom stereocenters. The summed E-state index contributed by atoms with van der Waals surface area (Å²) >= 11 is 20.7. The number of carboxylic acid groups (broad SMARTS) is 1. The van der Waals surface area contributed by atoms with Gasteiger partial charge in [0, 0.05) is 28.2 Å². The third kappa shape index (κ3) is 5.78. The van der Waals surface area contributed by atoms with Crippen LogP contribution in [0.3, 0.4) is 0 Å². The molecule has 3 heterocycles. The number of carboxylic acids is 1. The molecule has 2 aliphatic heterocycles. The molecule has 2 aromatic carbocycles. The van der Waals surface area contributed by atoms with Crippen molar-refractivity contribution in [1.29, 1.82) is 0 Å². The van der Waals surface area contributed by atoms with Crippen LogP contribution in [0.5, 0.6) is 0 Å². The maximum atomic E-state index is 12.9. The van der Waals surface area contributed by atoms with Gasteiger partial charge in [0.15, 0.2) is 12.7 Å². The molecule has 12 heteroatoms. The van der Waals surface area contributed by atoms with Crippen molar-refractivity contribution in [2.45, 2.75) is 22.9 Å². The number of fused-ring (bicyclic) bond motifs is 2. The number of thioether (sulfide) groups is 2. The normalized spacial score (nSPS) is 18.8. The number of pyridine rings is 1. The van der Waals surface area contributed by atoms with Gasteiger partial charge < -0.3 is 15.2 Å². The van der Waals surface area contributed by atoms with Crippen molar-refractivity contribution < 1.29 is 24.1 Å². The average Bonchev–Trinajstić information content (AvgIpc) is 2.92. The number of hydrogen-bond donors (Lipinski definition) is 1. The maximum absolute atomic E-state index is 12.9. The van der Waals surface area contributed by atoms with E-state index in [1.54, 1.807) is 12.1 Å². The van der Waals surface area contributed by atoms with E-state index in [0.717, 1.165) is 22.7 Å². The van der Waals surface area contributed by atoms with E-state index in [2.05, 4.69) is 5.32 Å². The lowest BCUT2D eigenvalue weighted by Crippen LogP contribution is -2.71. The lowest BCUT2D eigenvalue weighted by Gasteiger charge is -2.50. The molecule has 5 rings (SSSR count). The summed E-state index contributed by atoms with van der Waals surface area (Å²) in [5, 5.41) is 16.3. The number of para-hydroxylation sites is 1. The highest BCUT2D eigenvalue weighted by Crippen LogP contribution is 2.40. The summed E-state index contributed by atoms with van der Waals surface area (Å²) in [7, 11) is 0. The van der Waals surface area contributed by atoms with Crippen molar-refractivity contribution in [3.05, 3.63) is 93.2 Å². The summed E-state index contributed by atoms with van der Waals surface area (Å²) < 4.78 is 2.05. The van der Waals surface area contributed by atoms with Gasteiger partial charge in [-0.1, -0.05) is 53.0 Å². The Morgan fingerprint density at radius 3 is 2.67 bits per heavy atom. The summed E-state index contributed by atoms with van der Waals surface area (Å²) in [5.41, 5.74) is 1.37. The van der Waals surface area contributed by atoms with Crippen LogP contribution in [0, 0.1) is 0 Å². The Labute approximate surface area is 247 Å². The van der Waals surface area contributed by atoms with E-state index in [9.17, 15) is 19.5 Å². The van der Waals surface area contributed by atoms with Gasteiger partial charge >= 0.3 is 0 Å². The molecule has 39 heavy (non-hydrogen) atoms. The first-order valence-corrected chi connectivity index (χ1v) is 14.9. The van der Waals surface area contributed by atoms with E-state index < -0.39 is 29.2 Å². The molecule has 2 amide bonds. The number of aliphatic carboxylic acids is 1. The molecule has 2 aliphatic rings. The summed E-state index contributed by atoms with van der Waals surface area (Å²) in [6.07, 6.45) is 5.53. The van der Waals surface area contributed by atoms with Gasteiger partial charge in [-0.05, 0) is 35.9 Å². The number of hydrogen-bond acceptors (Lipinski definition) is 6. The third-order valence-corrected chi connectivity index (χ3v) is 9.75. The van der Waals surface area contributed by atoms with E-state index >= 15 is 0 Å². The first-order valence-electron chi connectivity index (χ1n) is 11.7. The zero-order valence-corrected chi connectivity index (χ0v) is 24.0. The highest BCUT2D eigenvalue weighted by atomic mass is 35.5. The second kappa shape index (κ2) is 11.8. The molecule has 0 radical (unpaired) electrons. The van der Waals surface area contributed by atoms with E-state index in [-0.39, 0.29) is 11.4 Å². The van der Waals surface area contributed by atoms with Gasteiger partial charge in [0.1, 0.15) is 11.4 Å². The number of β-lactam (4-membered cyclic amide) rings is 1. The van der Waals surface area contributed by atoms with Crippen LogP contribution >= 0.6 is 58.3 Å². The smallest absolute Gasteiger partial charge is 0.253 e. The van der Waals surface area contributed by atoms with Crippen molar-refractivity contribution in [3.63, 3.8) is 0 Å². The van der Waals surface area contributed by atoms with E-state index in [4.69, 9.17) is 34.8 Å². The van der Waals surface area contributed by atoms with Gasteiger partial charge in [0.05, 0.1) is 32.5 Å². The molecular formula is C27H20Cl3N3O4S2. The van der Waals surface area contributed by atoms with Crippen molar-refractivity contribution in [2.75, 3.05) is 11.5 Å². The quantitative estimate of drug-likeness (QED) is 0.178. The van der Waals surface area contributed by atoms with Crippen molar-refractivity contribution >= 4 is 87.0 Å². The molecule has 2 atom stereocenters. The second-order valence-electron chi connectivity index (χ2n) is 8.72. The molecule has 7 nitrogen and oxygen atoms in total. The molecule has 200 valence electrons. The van der Waals surface area contributed by atoms with Crippen LogP contribution < -0.4 is 15.0 Å². The fraction of sp³-hybridized carbons (Fsp3) is 0.185. The fourth-order valence-corrected chi connectivity index (χ4v) is 7.28. The molecule has 0 bridgehead atoms. The molecular weight excluding hydrogens is 601 g/mol. The van der Waals surface area contributed by atoms with Crippen LogP contribution in [0.25, 0.3) is 10.9 Å². The number of amides is 2. The Morgan fingerprint density at radius 1 is 1.13 bits per heavy atom. The number of carbonyl (C=O) groups excluding carboxylic acids is 3. The summed E-state index contributed by atoms with van der Waals surface area (Å²) in [6, 6.07) is 14.2. The molecule has 1 aromatic heterocycles. The fourth-order valence-electron chi connectivity index (χ4n) is 4.42. The van der Waals surface area contributed by atoms with Crippen molar-refractivity contribution in [1.82, 2.24) is 10.2 Å². The zero-order valence-electron chi connectivity index (χ0n) is 20.1. The third-order valence-electron chi connectivity index (χ3n) is 6.25. The van der Waals surface area contributed by atoms with E-state index in [0.29, 0.717) is 37.8 Å². The summed E-state index contributed by atoms with van der Waals surface area (Å²) in [4.78, 5) is 39.3. The molecule has 1 N–H and O–H groups in total. The van der Waals surface area contributed by atoms with E-state index in [1.807, 2.05) is 53.2 Å². The van der Waals surface area contributed by atoms with Gasteiger partial charge in [-0.25, -0.2) is 0 Å². The zero-order chi connectivity index (χ0) is 27.7. The number of nitrogens with zero attached hydrogens (tertiary/aromatic N) is 2. The molecule has 0 saturated carbocycles. The monoisotopic (exact) mass is 619 g/mol. The largest absolute Gasteiger partial charge is 0.543 e. The van der Waals surface area contributed by atoms with Crippen LogP contribution in [-0.4, -0.2) is 45.6 Å². The standard InChI is InChI=1S/C27H20Cl3N3O4S2/c28-17-11-19(30)21(12-18(17)29)38-14-22(34)31-23-25(35)33-24(27(36)37)16(13-39-26(23)33)7-4-10-32-9-3-6-15-5-1-2-8-20(15)32/h1-9,11-12,23,26H,10,13-14H2,(H-,31,34,36,37)/t23-,26-/m1/s1. The van der Waals surface area contributed by atoms with Crippen molar-refractivity contribution in [3.8, 4) is 0 Å². The van der Waals surface area contributed by atoms with Crippen LogP contribution in [-0.2, 0) is 20.9 Å². The molecule has 0 aliphatic carbocycles. The van der Waals surface area contributed by atoms with Crippen LogP contribution in [0.1, 0.15) is 0 Å². The Bertz CT molecular complexity index is 1560. The van der Waals surface area contributed by atoms with Gasteiger partial charge in [0.2, 0.25) is 11.4 Å². The van der Waals surface area contributed by atoms with E-state index in [1.165, 1.54) is 22.7 Å². The lowest BCUT2D eigenvalue weighted by molar-refractivity contribution is -0.661. The molecule has 3 aromatic rings. The second-order valence-corrected chi connectivity index (χ2v) is 12.1. The molecule has 1 saturated heterocycles. The van der Waals surface area contributed by atoms with Gasteiger partial charge in [0.25, 0.3) is 5.91 Å². The number of nitrogens with one attached hydrogen (secondary N) is 1. The van der Waals surface area contributed by atoms with Gasteiger partial charge in [-0.2, -0.15) is 4.57 Å². The number of halogens is 3. The van der Waals surface area contributed by atoms with Gasteiger partial charge in [-0.3, -0.25) is 14.5 Å². The highest BCUT2D eigenvalue weighted by Gasteiger charge is 2.52. The van der Waals surface area contributed by atoms with Gasteiger partial charge in [-0.15, -0.1) is 23.5 Å². The van der Waals surface area contributed by atoms with Crippen LogP contribution in [0.15, 0.2) is 83.0 Å². The number of benzene rings is 2. The molecule has 1 fully saturated rings. The first-order chi connectivity index (χ1) is 18.7. The minimum atomic E-state index is -1.43. The van der Waals surface area contributed by atoms with Crippen LogP contribution in [0.2, 0.25) is 15.1 Å². The lowest BCUT2D eigenvalue weighted by atomic mass is 10.0. The molecule has 0 spiro atoms. The maximum Gasteiger partial charge on any atom is 0.253 e. The minimum Gasteiger partial charge on any atom is -0.543 e. The SMILES string of the molecule is O=C(CSc1cc(Cl)c(Cl)cc1Cl)N[C@@H]1C(=O)N2C(C(=O)[O-])=C(C=CC[n+]3cccc4ccccc43)CS[C@H]12. The number of aromatic nitrogens is 1. The Hall–Kier alpha value is -2.69. The number of carbonyl (C=O) groups is 3. The number of rotatable bonds is 8. The average molecular weight is 621 g/mol. The predicted octanol–water partition coefficient (Wildman–Crippen LogP) is 3.84. The Morgan fingerprint density at radius 2 is 1.87 bits per heavy atom. The topological polar surface area (TPSA) is 93.4 Å². The highest BCUT2D eigenvalue weighted by molar-refractivity contribution is 8.00. The number of allylic oxidation sites excluding steroid dienone is 2. The van der Waals surface area contributed by atoms with Crippen molar-refractivity contribution in [2.24, 2.45) is 0 Å². The Kier molecular flexibility index (Phi) is 8.44. The minimum absolute atomic E-state index is 0.0121. The predicted molar refractivity (Wildman–Crippen MR) is 153 cm³/mol. The summed E-state index contributed by atoms with van der Waals surface area (Å²) in [6.45, 7) is 0.520. The van der Waals surface area contributed by atoms with Crippen LogP contribution in [0.4, 0.5) is 0 Å². The first kappa shape index (κ1) is 27.9. The summed E-state index contributed by atoms with van der Waals surface area (Å²) in [5.74, 6) is -1.97. The Balaban J connectivity index is 1.24.